The highest BCUT2D eigenvalue weighted by Crippen LogP contribution is 2.20. The van der Waals surface area contributed by atoms with Crippen LogP contribution >= 0.6 is 12.2 Å². The molecule has 3 aromatic rings. The molecule has 0 fully saturated rings. The highest BCUT2D eigenvalue weighted by atomic mass is 32.1. The summed E-state index contributed by atoms with van der Waals surface area (Å²) in [5, 5.41) is 9.14. The maximum atomic E-state index is 5.43. The molecule has 0 unspecified atom stereocenters. The predicted molar refractivity (Wildman–Crippen MR) is 95.5 cm³/mol. The number of hydrogen-bond donors (Lipinski definition) is 1. The number of aromatic nitrogens is 2. The van der Waals surface area contributed by atoms with Gasteiger partial charge < -0.3 is 0 Å². The van der Waals surface area contributed by atoms with Crippen LogP contribution in [0.3, 0.4) is 0 Å². The van der Waals surface area contributed by atoms with Crippen LogP contribution in [0.1, 0.15) is 11.3 Å². The first-order valence-electron chi connectivity index (χ1n) is 7.37. The molecule has 0 bridgehead atoms. The lowest BCUT2D eigenvalue weighted by Gasteiger charge is -2.05. The van der Waals surface area contributed by atoms with Gasteiger partial charge in [-0.05, 0) is 11.6 Å². The van der Waals surface area contributed by atoms with E-state index in [4.69, 9.17) is 17.3 Å². The number of benzene rings is 2. The van der Waals surface area contributed by atoms with Crippen molar-refractivity contribution in [1.82, 2.24) is 15.2 Å². The van der Waals surface area contributed by atoms with Crippen LogP contribution in [0, 0.1) is 0 Å². The predicted octanol–water partition coefficient (Wildman–Crippen LogP) is 3.23. The SMILES string of the molecule is S=C1NN=C(c2ccccc2)Cn2nc(-c3ccccc3)cc21. The van der Waals surface area contributed by atoms with Crippen LogP contribution in [-0.2, 0) is 6.54 Å². The van der Waals surface area contributed by atoms with E-state index in [2.05, 4.69) is 10.5 Å². The molecule has 0 spiro atoms. The molecule has 2 heterocycles. The second kappa shape index (κ2) is 5.78. The van der Waals surface area contributed by atoms with Crippen LogP contribution in [0.4, 0.5) is 0 Å². The zero-order valence-electron chi connectivity index (χ0n) is 12.3. The van der Waals surface area contributed by atoms with Crippen LogP contribution in [0.25, 0.3) is 11.3 Å². The average Bonchev–Trinajstić information content (AvgIpc) is 2.97. The maximum absolute atomic E-state index is 5.43. The molecule has 2 aromatic carbocycles. The molecular formula is C18H14N4S. The first-order chi connectivity index (χ1) is 11.3. The molecule has 5 heteroatoms. The van der Waals surface area contributed by atoms with Crippen LogP contribution in [0.5, 0.6) is 0 Å². The lowest BCUT2D eigenvalue weighted by molar-refractivity contribution is 0.724. The molecule has 112 valence electrons. The van der Waals surface area contributed by atoms with E-state index in [0.717, 1.165) is 28.2 Å². The number of nitrogens with one attached hydrogen (secondary N) is 1. The average molecular weight is 318 g/mol. The van der Waals surface area contributed by atoms with Gasteiger partial charge in [-0.3, -0.25) is 10.1 Å². The monoisotopic (exact) mass is 318 g/mol. The number of hydrazone groups is 1. The van der Waals surface area contributed by atoms with E-state index in [1.807, 2.05) is 71.4 Å². The van der Waals surface area contributed by atoms with Gasteiger partial charge in [0.2, 0.25) is 0 Å². The lowest BCUT2D eigenvalue weighted by atomic mass is 10.1. The Kier molecular flexibility index (Phi) is 3.48. The van der Waals surface area contributed by atoms with Crippen LogP contribution in [0.2, 0.25) is 0 Å². The van der Waals surface area contributed by atoms with E-state index in [1.165, 1.54) is 0 Å². The number of rotatable bonds is 2. The van der Waals surface area contributed by atoms with E-state index < -0.39 is 0 Å². The largest absolute Gasteiger partial charge is 0.266 e. The number of fused-ring (bicyclic) bond motifs is 1. The van der Waals surface area contributed by atoms with Crippen LogP contribution < -0.4 is 5.43 Å². The van der Waals surface area contributed by atoms with Gasteiger partial charge in [-0.1, -0.05) is 72.9 Å². The van der Waals surface area contributed by atoms with E-state index in [1.54, 1.807) is 0 Å². The second-order valence-corrected chi connectivity index (χ2v) is 5.71. The smallest absolute Gasteiger partial charge is 0.145 e. The molecule has 1 aliphatic rings. The molecule has 1 aromatic heterocycles. The van der Waals surface area contributed by atoms with Gasteiger partial charge in [-0.2, -0.15) is 10.2 Å². The molecule has 0 radical (unpaired) electrons. The van der Waals surface area contributed by atoms with Crippen molar-refractivity contribution in [2.24, 2.45) is 5.10 Å². The van der Waals surface area contributed by atoms with Crippen LogP contribution in [0.15, 0.2) is 71.8 Å². The molecule has 0 saturated carbocycles. The third-order valence-corrected chi connectivity index (χ3v) is 4.08. The zero-order valence-corrected chi connectivity index (χ0v) is 13.1. The quantitative estimate of drug-likeness (QED) is 0.738. The van der Waals surface area contributed by atoms with Crippen molar-refractivity contribution in [2.75, 3.05) is 0 Å². The van der Waals surface area contributed by atoms with Gasteiger partial charge in [0.15, 0.2) is 0 Å². The van der Waals surface area contributed by atoms with E-state index in [-0.39, 0.29) is 0 Å². The van der Waals surface area contributed by atoms with Gasteiger partial charge in [0, 0.05) is 5.56 Å². The Morgan fingerprint density at radius 2 is 1.57 bits per heavy atom. The molecular weight excluding hydrogens is 304 g/mol. The fraction of sp³-hybridized carbons (Fsp3) is 0.0556. The standard InChI is InChI=1S/C18H14N4S/c23-18-17-11-15(13-7-3-1-4-8-13)21-22(17)12-16(19-20-18)14-9-5-2-6-10-14/h1-11H,12H2,(H,20,23). The minimum absolute atomic E-state index is 0.583. The molecule has 0 amide bonds. The summed E-state index contributed by atoms with van der Waals surface area (Å²) in [5.41, 5.74) is 7.82. The Hall–Kier alpha value is -2.79. The van der Waals surface area contributed by atoms with Gasteiger partial charge in [0.25, 0.3) is 0 Å². The maximum Gasteiger partial charge on any atom is 0.145 e. The topological polar surface area (TPSA) is 42.2 Å². The lowest BCUT2D eigenvalue weighted by Crippen LogP contribution is -2.16. The summed E-state index contributed by atoms with van der Waals surface area (Å²) in [5.74, 6) is 0. The van der Waals surface area contributed by atoms with Crippen molar-refractivity contribution in [3.8, 4) is 11.3 Å². The van der Waals surface area contributed by atoms with E-state index >= 15 is 0 Å². The minimum Gasteiger partial charge on any atom is -0.266 e. The van der Waals surface area contributed by atoms with Crippen molar-refractivity contribution in [1.29, 1.82) is 0 Å². The Morgan fingerprint density at radius 1 is 0.913 bits per heavy atom. The van der Waals surface area contributed by atoms with E-state index in [0.29, 0.717) is 11.5 Å². The Balaban J connectivity index is 1.75. The summed E-state index contributed by atoms with van der Waals surface area (Å²) >= 11 is 5.43. The van der Waals surface area contributed by atoms with Gasteiger partial charge in [0.05, 0.1) is 23.6 Å². The van der Waals surface area contributed by atoms with Crippen molar-refractivity contribution in [3.63, 3.8) is 0 Å². The van der Waals surface area contributed by atoms with E-state index in [9.17, 15) is 0 Å². The normalized spacial score (nSPS) is 13.7. The van der Waals surface area contributed by atoms with Gasteiger partial charge >= 0.3 is 0 Å². The zero-order chi connectivity index (χ0) is 15.6. The molecule has 0 saturated heterocycles. The molecule has 23 heavy (non-hydrogen) atoms. The Bertz CT molecular complexity index is 882. The molecule has 1 N–H and O–H groups in total. The molecule has 0 aliphatic carbocycles. The first kappa shape index (κ1) is 13.8. The summed E-state index contributed by atoms with van der Waals surface area (Å²) in [6.07, 6.45) is 0. The molecule has 1 aliphatic heterocycles. The molecule has 4 rings (SSSR count). The van der Waals surface area contributed by atoms with Crippen molar-refractivity contribution < 1.29 is 0 Å². The summed E-state index contributed by atoms with van der Waals surface area (Å²) in [6.45, 7) is 0.583. The third kappa shape index (κ3) is 2.66. The second-order valence-electron chi connectivity index (χ2n) is 5.30. The Morgan fingerprint density at radius 3 is 2.26 bits per heavy atom. The van der Waals surface area contributed by atoms with Crippen LogP contribution in [-0.4, -0.2) is 20.5 Å². The summed E-state index contributed by atoms with van der Waals surface area (Å²) in [6, 6.07) is 22.2. The number of nitrogens with zero attached hydrogens (tertiary/aromatic N) is 3. The number of hydrogen-bond acceptors (Lipinski definition) is 3. The fourth-order valence-corrected chi connectivity index (χ4v) is 2.82. The summed E-state index contributed by atoms with van der Waals surface area (Å²) < 4.78 is 1.91. The number of thiocarbonyl (C=S) groups is 1. The summed E-state index contributed by atoms with van der Waals surface area (Å²) in [4.78, 5) is 0.589. The highest BCUT2D eigenvalue weighted by molar-refractivity contribution is 7.80. The third-order valence-electron chi connectivity index (χ3n) is 3.78. The molecule has 0 atom stereocenters. The first-order valence-corrected chi connectivity index (χ1v) is 7.78. The van der Waals surface area contributed by atoms with Crippen molar-refractivity contribution >= 4 is 22.9 Å². The fourth-order valence-electron chi connectivity index (χ4n) is 2.61. The summed E-state index contributed by atoms with van der Waals surface area (Å²) in [7, 11) is 0. The molecule has 4 nitrogen and oxygen atoms in total. The van der Waals surface area contributed by atoms with Crippen molar-refractivity contribution in [2.45, 2.75) is 6.54 Å². The Labute approximate surface area is 139 Å². The highest BCUT2D eigenvalue weighted by Gasteiger charge is 2.18. The van der Waals surface area contributed by atoms with Gasteiger partial charge in [0.1, 0.15) is 4.99 Å². The van der Waals surface area contributed by atoms with Gasteiger partial charge in [-0.25, -0.2) is 0 Å². The van der Waals surface area contributed by atoms with Crippen molar-refractivity contribution in [3.05, 3.63) is 78.0 Å². The van der Waals surface area contributed by atoms with Gasteiger partial charge in [-0.15, -0.1) is 0 Å². The minimum atomic E-state index is 0.583.